The molecule has 0 amide bonds. The number of ether oxygens (including phenoxy) is 3. The lowest BCUT2D eigenvalue weighted by Crippen LogP contribution is -2.35. The van der Waals surface area contributed by atoms with Crippen LogP contribution in [0.3, 0.4) is 0 Å². The second-order valence-electron chi connectivity index (χ2n) is 4.61. The Morgan fingerprint density at radius 2 is 1.60 bits per heavy atom. The van der Waals surface area contributed by atoms with Gasteiger partial charge in [0.05, 0.1) is 12.0 Å². The maximum atomic E-state index is 12.6. The summed E-state index contributed by atoms with van der Waals surface area (Å²) in [6, 6.07) is 0. The molecule has 0 spiro atoms. The van der Waals surface area contributed by atoms with Gasteiger partial charge in [0, 0.05) is 0 Å². The summed E-state index contributed by atoms with van der Waals surface area (Å²) >= 11 is 0. The first-order valence-corrected chi connectivity index (χ1v) is 5.79. The standard InChI is InChI=1S/C11H17F5O4/c1-4-9(2,3)8(17)19-6-5-18-7-10(12,13)20-11(14,15)16/h4-7H2,1-3H3. The number of alkyl halides is 5. The predicted molar refractivity (Wildman–Crippen MR) is 57.9 cm³/mol. The monoisotopic (exact) mass is 308 g/mol. The molecule has 0 fully saturated rings. The Labute approximate surface area is 113 Å². The fraction of sp³-hybridized carbons (Fsp3) is 0.909. The Hall–Kier alpha value is -0.960. The molecule has 0 atom stereocenters. The molecule has 0 aliphatic carbocycles. The summed E-state index contributed by atoms with van der Waals surface area (Å²) in [5.74, 6) is -0.540. The topological polar surface area (TPSA) is 44.8 Å². The first kappa shape index (κ1) is 19.0. The number of rotatable bonds is 8. The van der Waals surface area contributed by atoms with Crippen LogP contribution in [0.2, 0.25) is 0 Å². The van der Waals surface area contributed by atoms with Crippen LogP contribution in [0, 0.1) is 5.41 Å². The molecule has 9 heteroatoms. The smallest absolute Gasteiger partial charge is 0.463 e. The van der Waals surface area contributed by atoms with Gasteiger partial charge in [-0.15, -0.1) is 13.2 Å². The van der Waals surface area contributed by atoms with Crippen LogP contribution in [0.4, 0.5) is 22.0 Å². The summed E-state index contributed by atoms with van der Waals surface area (Å²) < 4.78 is 71.5. The fourth-order valence-corrected chi connectivity index (χ4v) is 0.923. The van der Waals surface area contributed by atoms with E-state index in [0.717, 1.165) is 0 Å². The van der Waals surface area contributed by atoms with Crippen molar-refractivity contribution in [2.75, 3.05) is 19.8 Å². The van der Waals surface area contributed by atoms with Gasteiger partial charge in [-0.05, 0) is 20.3 Å². The quantitative estimate of drug-likeness (QED) is 0.393. The van der Waals surface area contributed by atoms with Crippen molar-refractivity contribution < 1.29 is 41.0 Å². The number of hydrogen-bond acceptors (Lipinski definition) is 4. The summed E-state index contributed by atoms with van der Waals surface area (Å²) in [7, 11) is 0. The molecule has 20 heavy (non-hydrogen) atoms. The highest BCUT2D eigenvalue weighted by Gasteiger charge is 2.45. The van der Waals surface area contributed by atoms with E-state index in [-0.39, 0.29) is 6.61 Å². The van der Waals surface area contributed by atoms with Crippen molar-refractivity contribution in [3.05, 3.63) is 0 Å². The fourth-order valence-electron chi connectivity index (χ4n) is 0.923. The Bertz CT molecular complexity index is 314. The van der Waals surface area contributed by atoms with Gasteiger partial charge < -0.3 is 9.47 Å². The van der Waals surface area contributed by atoms with Crippen molar-refractivity contribution in [3.63, 3.8) is 0 Å². The maximum Gasteiger partial charge on any atom is 0.527 e. The minimum absolute atomic E-state index is 0.329. The van der Waals surface area contributed by atoms with E-state index in [1.54, 1.807) is 20.8 Å². The van der Waals surface area contributed by atoms with Gasteiger partial charge in [-0.3, -0.25) is 4.79 Å². The third-order valence-electron chi connectivity index (χ3n) is 2.43. The van der Waals surface area contributed by atoms with E-state index in [9.17, 15) is 26.7 Å². The van der Waals surface area contributed by atoms with E-state index < -0.39 is 37.1 Å². The average molecular weight is 308 g/mol. The van der Waals surface area contributed by atoms with Crippen LogP contribution in [-0.4, -0.2) is 38.3 Å². The number of hydrogen-bond donors (Lipinski definition) is 0. The van der Waals surface area contributed by atoms with Crippen molar-refractivity contribution in [1.82, 2.24) is 0 Å². The normalized spacial score (nSPS) is 13.4. The Balaban J connectivity index is 3.90. The van der Waals surface area contributed by atoms with Gasteiger partial charge in [-0.2, -0.15) is 8.78 Å². The molecule has 0 saturated heterocycles. The van der Waals surface area contributed by atoms with Gasteiger partial charge in [0.2, 0.25) is 0 Å². The van der Waals surface area contributed by atoms with Crippen LogP contribution in [-0.2, 0) is 19.0 Å². The van der Waals surface area contributed by atoms with E-state index >= 15 is 0 Å². The lowest BCUT2D eigenvalue weighted by molar-refractivity contribution is -0.431. The highest BCUT2D eigenvalue weighted by molar-refractivity contribution is 5.75. The molecule has 4 nitrogen and oxygen atoms in total. The molecular weight excluding hydrogens is 291 g/mol. The number of esters is 1. The van der Waals surface area contributed by atoms with Crippen LogP contribution in [0.15, 0.2) is 0 Å². The van der Waals surface area contributed by atoms with Crippen LogP contribution < -0.4 is 0 Å². The van der Waals surface area contributed by atoms with Gasteiger partial charge in [-0.25, -0.2) is 4.74 Å². The SMILES string of the molecule is CCC(C)(C)C(=O)OCCOCC(F)(F)OC(F)(F)F. The first-order chi connectivity index (χ1) is 8.90. The van der Waals surface area contributed by atoms with Gasteiger partial charge in [-0.1, -0.05) is 6.92 Å². The second-order valence-corrected chi connectivity index (χ2v) is 4.61. The lowest BCUT2D eigenvalue weighted by atomic mass is 9.91. The van der Waals surface area contributed by atoms with E-state index in [0.29, 0.717) is 6.42 Å². The van der Waals surface area contributed by atoms with Crippen molar-refractivity contribution in [1.29, 1.82) is 0 Å². The molecular formula is C11H17F5O4. The molecule has 0 aliphatic rings. The van der Waals surface area contributed by atoms with E-state index in [1.165, 1.54) is 0 Å². The highest BCUT2D eigenvalue weighted by Crippen LogP contribution is 2.28. The zero-order chi connectivity index (χ0) is 16.0. The summed E-state index contributed by atoms with van der Waals surface area (Å²) in [5, 5.41) is 0. The van der Waals surface area contributed by atoms with Crippen LogP contribution >= 0.6 is 0 Å². The van der Waals surface area contributed by atoms with Crippen LogP contribution in [0.1, 0.15) is 27.2 Å². The molecule has 0 heterocycles. The average Bonchev–Trinajstić information content (AvgIpc) is 2.24. The molecule has 0 aliphatic heterocycles. The maximum absolute atomic E-state index is 12.6. The predicted octanol–water partition coefficient (Wildman–Crippen LogP) is 3.11. The first-order valence-electron chi connectivity index (χ1n) is 5.79. The molecule has 0 saturated carbocycles. The lowest BCUT2D eigenvalue weighted by Gasteiger charge is -2.21. The van der Waals surface area contributed by atoms with Crippen molar-refractivity contribution in [2.45, 2.75) is 39.7 Å². The molecule has 0 rings (SSSR count). The molecule has 0 radical (unpaired) electrons. The molecule has 120 valence electrons. The zero-order valence-electron chi connectivity index (χ0n) is 11.4. The van der Waals surface area contributed by atoms with Crippen molar-refractivity contribution in [2.24, 2.45) is 5.41 Å². The number of carbonyl (C=O) groups is 1. The zero-order valence-corrected chi connectivity index (χ0v) is 11.4. The van der Waals surface area contributed by atoms with Crippen molar-refractivity contribution in [3.8, 4) is 0 Å². The summed E-state index contributed by atoms with van der Waals surface area (Å²) in [6.07, 6.45) is -9.42. The van der Waals surface area contributed by atoms with Crippen molar-refractivity contribution >= 4 is 5.97 Å². The molecule has 0 bridgehead atoms. The van der Waals surface area contributed by atoms with E-state index in [1.807, 2.05) is 0 Å². The summed E-state index contributed by atoms with van der Waals surface area (Å²) in [4.78, 5) is 11.4. The van der Waals surface area contributed by atoms with Crippen LogP contribution in [0.5, 0.6) is 0 Å². The third kappa shape index (κ3) is 8.26. The summed E-state index contributed by atoms with van der Waals surface area (Å²) in [6.45, 7) is 2.68. The van der Waals surface area contributed by atoms with Gasteiger partial charge in [0.1, 0.15) is 13.2 Å². The van der Waals surface area contributed by atoms with E-state index in [4.69, 9.17) is 4.74 Å². The minimum Gasteiger partial charge on any atom is -0.463 e. The third-order valence-corrected chi connectivity index (χ3v) is 2.43. The molecule has 0 aromatic heterocycles. The number of halogens is 5. The molecule has 0 aromatic rings. The summed E-state index contributed by atoms with van der Waals surface area (Å²) in [5.41, 5.74) is -0.719. The Morgan fingerprint density at radius 1 is 1.05 bits per heavy atom. The Morgan fingerprint density at radius 3 is 2.05 bits per heavy atom. The van der Waals surface area contributed by atoms with E-state index in [2.05, 4.69) is 9.47 Å². The second kappa shape index (κ2) is 7.16. The molecule has 0 unspecified atom stereocenters. The highest BCUT2D eigenvalue weighted by atomic mass is 19.4. The largest absolute Gasteiger partial charge is 0.527 e. The number of carbonyl (C=O) groups excluding carboxylic acids is 1. The molecule has 0 aromatic carbocycles. The minimum atomic E-state index is -5.45. The van der Waals surface area contributed by atoms with Gasteiger partial charge >= 0.3 is 18.4 Å². The van der Waals surface area contributed by atoms with Gasteiger partial charge in [0.15, 0.2) is 0 Å². The molecule has 0 N–H and O–H groups in total. The van der Waals surface area contributed by atoms with Crippen LogP contribution in [0.25, 0.3) is 0 Å². The van der Waals surface area contributed by atoms with Gasteiger partial charge in [0.25, 0.3) is 0 Å². The Kier molecular flexibility index (Phi) is 6.82.